The van der Waals surface area contributed by atoms with Gasteiger partial charge < -0.3 is 29.7 Å². The van der Waals surface area contributed by atoms with Gasteiger partial charge in [0.1, 0.15) is 24.3 Å². The van der Waals surface area contributed by atoms with Gasteiger partial charge >= 0.3 is 0 Å². The molecule has 0 aliphatic carbocycles. The Morgan fingerprint density at radius 1 is 0.678 bits per heavy atom. The molecule has 8 aromatic rings. The molecule has 3 N–H and O–H groups in total. The van der Waals surface area contributed by atoms with Gasteiger partial charge in [-0.1, -0.05) is 0 Å². The van der Waals surface area contributed by atoms with E-state index in [4.69, 9.17) is 17.3 Å². The lowest BCUT2D eigenvalue weighted by atomic mass is 10.2. The van der Waals surface area contributed by atoms with Crippen LogP contribution in [0.15, 0.2) is 117 Å². The molecule has 2 aliphatic rings. The van der Waals surface area contributed by atoms with Crippen molar-refractivity contribution in [1.29, 1.82) is 0 Å². The van der Waals surface area contributed by atoms with Crippen molar-refractivity contribution in [3.63, 3.8) is 0 Å². The number of amides is 1. The number of imidazole rings is 1. The third kappa shape index (κ3) is 8.90. The normalized spacial score (nSPS) is 16.1. The maximum atomic E-state index is 13.1. The van der Waals surface area contributed by atoms with Crippen molar-refractivity contribution < 1.29 is 18.4 Å². The fourth-order valence-electron chi connectivity index (χ4n) is 6.72. The van der Waals surface area contributed by atoms with Crippen LogP contribution in [0.5, 0.6) is 0 Å². The van der Waals surface area contributed by atoms with Crippen LogP contribution in [0.4, 0.5) is 20.4 Å². The summed E-state index contributed by atoms with van der Waals surface area (Å²) < 4.78 is 32.5. The summed E-state index contributed by atoms with van der Waals surface area (Å²) >= 11 is 5.19. The van der Waals surface area contributed by atoms with Crippen LogP contribution in [0.1, 0.15) is 34.1 Å². The smallest absolute Gasteiger partial charge is 0.291 e. The van der Waals surface area contributed by atoms with E-state index in [1.807, 2.05) is 41.5 Å². The van der Waals surface area contributed by atoms with Gasteiger partial charge in [-0.2, -0.15) is 0 Å². The number of anilines is 2. The lowest BCUT2D eigenvalue weighted by Gasteiger charge is -2.18. The number of nitrogens with two attached hydrogens (primary N) is 1. The number of benzene rings is 2. The number of fused-ring (bicyclic) bond motifs is 2. The number of halogens is 3. The molecule has 0 saturated carbocycles. The number of rotatable bonds is 7. The van der Waals surface area contributed by atoms with Gasteiger partial charge in [-0.3, -0.25) is 9.59 Å². The fraction of sp³-hybridized carbons (Fsp3) is 0.205. The molecule has 0 unspecified atom stereocenters. The van der Waals surface area contributed by atoms with E-state index in [1.54, 1.807) is 24.5 Å². The Morgan fingerprint density at radius 3 is 1.88 bits per heavy atom. The summed E-state index contributed by atoms with van der Waals surface area (Å²) in [5, 5.41) is 10.3. The molecule has 0 spiro atoms. The summed E-state index contributed by atoms with van der Waals surface area (Å²) in [4.78, 5) is 48.7. The minimum Gasteiger partial charge on any atom is -0.353 e. The number of nitrogens with zero attached hydrogens (tertiary/aromatic N) is 13. The van der Waals surface area contributed by atoms with Gasteiger partial charge in [-0.25, -0.2) is 43.1 Å². The largest absolute Gasteiger partial charge is 0.353 e. The monoisotopic (exact) mass is 819 g/mol. The number of aromatic nitrogens is 11. The Balaban J connectivity index is 0.000000136. The van der Waals surface area contributed by atoms with Crippen molar-refractivity contribution in [1.82, 2.24) is 58.6 Å². The summed E-state index contributed by atoms with van der Waals surface area (Å²) in [7, 11) is 0. The van der Waals surface area contributed by atoms with E-state index in [0.29, 0.717) is 24.0 Å². The van der Waals surface area contributed by atoms with Crippen molar-refractivity contribution >= 4 is 45.6 Å². The van der Waals surface area contributed by atoms with Crippen molar-refractivity contribution in [3.8, 4) is 11.4 Å². The van der Waals surface area contributed by atoms with E-state index in [-0.39, 0.29) is 35.2 Å². The van der Waals surface area contributed by atoms with Gasteiger partial charge in [-0.05, 0) is 85.1 Å². The highest BCUT2D eigenvalue weighted by atomic mass is 35.5. The van der Waals surface area contributed by atoms with Gasteiger partial charge in [0.05, 0.1) is 16.9 Å². The minimum absolute atomic E-state index is 0.0442. The van der Waals surface area contributed by atoms with Crippen LogP contribution in [0, 0.1) is 11.6 Å². The standard InChI is InChI=1S/C19H17FN8O.C11H14N4.C9H5ClFN3O/c20-13-1-3-15(4-2-13)28-12-23-16(25-28)19(29)24-14-5-8-27(11-14)18-17-21-6-9-26(17)10-7-22-18;12-9-3-6-15(8-9)11-10-2-1-5-14(10)7-4-13-11;10-8(15)9-12-5-14(13-9)7-3-1-6(11)2-4-7/h1-4,6-7,9-10,12,14H,5,8,11H2,(H,24,29);1-2,4-5,7,9H,3,6,8,12H2;1-5H/t14-;9-;/m00./s1. The topological polar surface area (TPSA) is 188 Å². The number of carbonyl (C=O) groups excluding carboxylic acids is 2. The predicted octanol–water partition coefficient (Wildman–Crippen LogP) is 4.11. The Labute approximate surface area is 339 Å². The summed E-state index contributed by atoms with van der Waals surface area (Å²) in [6.45, 7) is 3.32. The first-order valence-corrected chi connectivity index (χ1v) is 18.9. The molecule has 8 heterocycles. The number of nitrogens with one attached hydrogen (secondary N) is 1. The average molecular weight is 820 g/mol. The minimum atomic E-state index is -0.726. The molecule has 6 aromatic heterocycles. The zero-order valence-corrected chi connectivity index (χ0v) is 32.0. The molecule has 0 radical (unpaired) electrons. The van der Waals surface area contributed by atoms with Gasteiger partial charge in [0.25, 0.3) is 11.1 Å². The van der Waals surface area contributed by atoms with E-state index >= 15 is 0 Å². The van der Waals surface area contributed by atoms with E-state index in [2.05, 4.69) is 60.7 Å². The van der Waals surface area contributed by atoms with Gasteiger partial charge in [0.2, 0.25) is 11.6 Å². The van der Waals surface area contributed by atoms with Crippen LogP contribution in [0.2, 0.25) is 0 Å². The van der Waals surface area contributed by atoms with Crippen LogP contribution in [0.25, 0.3) is 22.5 Å². The third-order valence-corrected chi connectivity index (χ3v) is 9.79. The number of hydrogen-bond acceptors (Lipinski definition) is 12. The van der Waals surface area contributed by atoms with E-state index in [1.165, 1.54) is 58.4 Å². The zero-order chi connectivity index (χ0) is 40.9. The van der Waals surface area contributed by atoms with E-state index in [0.717, 1.165) is 55.3 Å². The quantitative estimate of drug-likeness (QED) is 0.220. The molecule has 59 heavy (non-hydrogen) atoms. The SMILES string of the molecule is N[C@H]1CCN(c2nccn3cccc23)C1.O=C(Cl)c1ncn(-c2ccc(F)cc2)n1.O=C(N[C@H]1CCN(c2nccn3ccnc23)C1)c1ncn(-c2ccc(F)cc2)n1. The summed E-state index contributed by atoms with van der Waals surface area (Å²) in [5.74, 6) is 0.820. The molecule has 1 amide bonds. The average Bonchev–Trinajstić information content (AvgIpc) is 4.10. The molecule has 17 nitrogen and oxygen atoms in total. The van der Waals surface area contributed by atoms with Gasteiger partial charge in [-0.15, -0.1) is 10.2 Å². The highest BCUT2D eigenvalue weighted by molar-refractivity contribution is 6.67. The molecule has 300 valence electrons. The number of carbonyl (C=O) groups is 2. The maximum Gasteiger partial charge on any atom is 0.291 e. The van der Waals surface area contributed by atoms with Crippen LogP contribution >= 0.6 is 11.6 Å². The third-order valence-electron chi connectivity index (χ3n) is 9.62. The maximum absolute atomic E-state index is 13.1. The molecule has 2 saturated heterocycles. The summed E-state index contributed by atoms with van der Waals surface area (Å²) in [6, 6.07) is 15.8. The second-order valence-corrected chi connectivity index (χ2v) is 14.0. The molecule has 2 atom stereocenters. The van der Waals surface area contributed by atoms with Crippen molar-refractivity contribution in [2.45, 2.75) is 24.9 Å². The fourth-order valence-corrected chi connectivity index (χ4v) is 6.81. The van der Waals surface area contributed by atoms with Crippen molar-refractivity contribution in [3.05, 3.63) is 140 Å². The zero-order valence-electron chi connectivity index (χ0n) is 31.2. The van der Waals surface area contributed by atoms with Crippen LogP contribution < -0.4 is 20.9 Å². The van der Waals surface area contributed by atoms with Crippen LogP contribution in [0.3, 0.4) is 0 Å². The van der Waals surface area contributed by atoms with E-state index < -0.39 is 5.24 Å². The Bertz CT molecular complexity index is 2700. The summed E-state index contributed by atoms with van der Waals surface area (Å²) in [5.41, 5.74) is 9.09. The van der Waals surface area contributed by atoms with Gasteiger partial charge in [0.15, 0.2) is 17.3 Å². The Hall–Kier alpha value is -7.12. The highest BCUT2D eigenvalue weighted by Crippen LogP contribution is 2.24. The Morgan fingerprint density at radius 2 is 1.25 bits per heavy atom. The molecule has 20 heteroatoms. The number of hydrogen-bond donors (Lipinski definition) is 2. The Kier molecular flexibility index (Phi) is 11.3. The first-order chi connectivity index (χ1) is 28.7. The van der Waals surface area contributed by atoms with E-state index in [9.17, 15) is 18.4 Å². The molecule has 2 aromatic carbocycles. The second-order valence-electron chi connectivity index (χ2n) is 13.6. The van der Waals surface area contributed by atoms with Crippen molar-refractivity contribution in [2.75, 3.05) is 36.0 Å². The predicted molar refractivity (Wildman–Crippen MR) is 214 cm³/mol. The van der Waals surface area contributed by atoms with Gasteiger partial charge in [0, 0.05) is 81.6 Å². The molecule has 2 aliphatic heterocycles. The van der Waals surface area contributed by atoms with Crippen LogP contribution in [-0.4, -0.2) is 103 Å². The van der Waals surface area contributed by atoms with Crippen LogP contribution in [-0.2, 0) is 0 Å². The molecular weight excluding hydrogens is 784 g/mol. The lowest BCUT2D eigenvalue weighted by Crippen LogP contribution is -2.37. The second kappa shape index (κ2) is 17.2. The molecule has 2 fully saturated rings. The molecule has 10 rings (SSSR count). The first kappa shape index (κ1) is 38.7. The molecular formula is C39H36ClF2N15O2. The molecule has 0 bridgehead atoms. The first-order valence-electron chi connectivity index (χ1n) is 18.5. The lowest BCUT2D eigenvalue weighted by molar-refractivity contribution is 0.0929. The summed E-state index contributed by atoms with van der Waals surface area (Å²) in [6.07, 6.45) is 17.7. The highest BCUT2D eigenvalue weighted by Gasteiger charge is 2.28. The van der Waals surface area contributed by atoms with Crippen molar-refractivity contribution in [2.24, 2.45) is 5.73 Å².